The lowest BCUT2D eigenvalue weighted by atomic mass is 10.2. The van der Waals surface area contributed by atoms with Gasteiger partial charge in [-0.25, -0.2) is 0 Å². The molecule has 0 heterocycles. The van der Waals surface area contributed by atoms with Crippen LogP contribution in [0.4, 0.5) is 0 Å². The van der Waals surface area contributed by atoms with E-state index in [4.69, 9.17) is 11.6 Å². The van der Waals surface area contributed by atoms with Crippen molar-refractivity contribution in [2.24, 2.45) is 0 Å². The summed E-state index contributed by atoms with van der Waals surface area (Å²) in [5.41, 5.74) is 0. The molecular weight excluding hydrogens is 200 g/mol. The molecule has 1 aliphatic carbocycles. The molecule has 4 heteroatoms. The van der Waals surface area contributed by atoms with Gasteiger partial charge in [-0.2, -0.15) is 0 Å². The number of carbonyl (C=O) groups is 1. The number of halogens is 1. The predicted octanol–water partition coefficient (Wildman–Crippen LogP) is 1.39. The Morgan fingerprint density at radius 2 is 2.00 bits per heavy atom. The lowest BCUT2D eigenvalue weighted by molar-refractivity contribution is -0.120. The molecule has 1 rings (SSSR count). The fourth-order valence-corrected chi connectivity index (χ4v) is 1.69. The second kappa shape index (κ2) is 6.04. The highest BCUT2D eigenvalue weighted by Gasteiger charge is 2.14. The third kappa shape index (κ3) is 4.63. The highest BCUT2D eigenvalue weighted by Crippen LogP contribution is 2.17. The van der Waals surface area contributed by atoms with Crippen LogP contribution in [0.1, 0.15) is 25.7 Å². The van der Waals surface area contributed by atoms with Crippen molar-refractivity contribution in [3.05, 3.63) is 11.6 Å². The van der Waals surface area contributed by atoms with Crippen molar-refractivity contribution in [1.29, 1.82) is 0 Å². The summed E-state index contributed by atoms with van der Waals surface area (Å²) in [6.45, 7) is 4.23. The third-order valence-corrected chi connectivity index (χ3v) is 2.52. The molecule has 1 saturated carbocycles. The van der Waals surface area contributed by atoms with Gasteiger partial charge in [0, 0.05) is 11.1 Å². The first-order chi connectivity index (χ1) is 6.68. The standard InChI is InChI=1S/C10H17ClN2O/c1-8(11)6-13-10(14)7-12-9-4-2-3-5-9/h9,12H,1-7H2,(H,13,14). The second-order valence-corrected chi connectivity index (χ2v) is 4.19. The van der Waals surface area contributed by atoms with Gasteiger partial charge in [0.05, 0.1) is 13.1 Å². The smallest absolute Gasteiger partial charge is 0.234 e. The minimum atomic E-state index is -0.0151. The molecule has 0 aromatic heterocycles. The van der Waals surface area contributed by atoms with Crippen LogP contribution in [-0.4, -0.2) is 25.0 Å². The molecule has 80 valence electrons. The Hall–Kier alpha value is -0.540. The summed E-state index contributed by atoms with van der Waals surface area (Å²) in [6.07, 6.45) is 4.93. The fourth-order valence-electron chi connectivity index (χ4n) is 1.62. The Balaban J connectivity index is 2.05. The topological polar surface area (TPSA) is 41.1 Å². The molecule has 0 bridgehead atoms. The molecule has 0 atom stereocenters. The van der Waals surface area contributed by atoms with Crippen LogP contribution in [0.25, 0.3) is 0 Å². The van der Waals surface area contributed by atoms with E-state index in [9.17, 15) is 4.79 Å². The first kappa shape index (κ1) is 11.5. The van der Waals surface area contributed by atoms with Crippen molar-refractivity contribution >= 4 is 17.5 Å². The van der Waals surface area contributed by atoms with E-state index in [1.165, 1.54) is 25.7 Å². The molecule has 1 fully saturated rings. The summed E-state index contributed by atoms with van der Waals surface area (Å²) in [5, 5.41) is 6.35. The zero-order valence-corrected chi connectivity index (χ0v) is 9.07. The van der Waals surface area contributed by atoms with Crippen molar-refractivity contribution in [1.82, 2.24) is 10.6 Å². The van der Waals surface area contributed by atoms with Gasteiger partial charge in [-0.05, 0) is 12.8 Å². The molecule has 2 N–H and O–H groups in total. The Morgan fingerprint density at radius 3 is 2.57 bits per heavy atom. The first-order valence-corrected chi connectivity index (χ1v) is 5.39. The van der Waals surface area contributed by atoms with E-state index in [2.05, 4.69) is 17.2 Å². The average Bonchev–Trinajstić information content (AvgIpc) is 2.63. The summed E-state index contributed by atoms with van der Waals surface area (Å²) >= 11 is 5.52. The monoisotopic (exact) mass is 216 g/mol. The summed E-state index contributed by atoms with van der Waals surface area (Å²) in [7, 11) is 0. The number of rotatable bonds is 5. The van der Waals surface area contributed by atoms with Crippen LogP contribution >= 0.6 is 11.6 Å². The molecule has 3 nitrogen and oxygen atoms in total. The normalized spacial score (nSPS) is 16.9. The Labute approximate surface area is 89.9 Å². The van der Waals surface area contributed by atoms with Gasteiger partial charge >= 0.3 is 0 Å². The summed E-state index contributed by atoms with van der Waals surface area (Å²) in [4.78, 5) is 11.2. The molecule has 0 spiro atoms. The van der Waals surface area contributed by atoms with Crippen LogP contribution in [0.5, 0.6) is 0 Å². The zero-order chi connectivity index (χ0) is 10.4. The van der Waals surface area contributed by atoms with Gasteiger partial charge in [0.25, 0.3) is 0 Å². The molecule has 0 aromatic rings. The van der Waals surface area contributed by atoms with Gasteiger partial charge < -0.3 is 10.6 Å². The lowest BCUT2D eigenvalue weighted by Gasteiger charge is -2.11. The van der Waals surface area contributed by atoms with Crippen molar-refractivity contribution in [3.63, 3.8) is 0 Å². The Bertz CT molecular complexity index is 212. The number of amides is 1. The van der Waals surface area contributed by atoms with Gasteiger partial charge in [0.15, 0.2) is 0 Å². The molecule has 14 heavy (non-hydrogen) atoms. The van der Waals surface area contributed by atoms with Crippen molar-refractivity contribution in [2.75, 3.05) is 13.1 Å². The van der Waals surface area contributed by atoms with Crippen LogP contribution in [0.3, 0.4) is 0 Å². The Kier molecular flexibility index (Phi) is 4.98. The quantitative estimate of drug-likeness (QED) is 0.729. The minimum absolute atomic E-state index is 0.0151. The van der Waals surface area contributed by atoms with Crippen LogP contribution in [-0.2, 0) is 4.79 Å². The molecule has 1 aliphatic rings. The van der Waals surface area contributed by atoms with E-state index in [1.807, 2.05) is 0 Å². The van der Waals surface area contributed by atoms with Crippen molar-refractivity contribution in [3.8, 4) is 0 Å². The van der Waals surface area contributed by atoms with E-state index in [0.29, 0.717) is 24.2 Å². The first-order valence-electron chi connectivity index (χ1n) is 5.02. The Morgan fingerprint density at radius 1 is 1.36 bits per heavy atom. The zero-order valence-electron chi connectivity index (χ0n) is 8.31. The number of hydrogen-bond donors (Lipinski definition) is 2. The third-order valence-electron chi connectivity index (χ3n) is 2.38. The molecule has 0 radical (unpaired) electrons. The van der Waals surface area contributed by atoms with Gasteiger partial charge in [0.2, 0.25) is 5.91 Å². The summed E-state index contributed by atoms with van der Waals surface area (Å²) < 4.78 is 0. The molecule has 1 amide bonds. The second-order valence-electron chi connectivity index (χ2n) is 3.66. The SMILES string of the molecule is C=C(Cl)CNC(=O)CNC1CCCC1. The summed E-state index contributed by atoms with van der Waals surface area (Å²) in [6, 6.07) is 0.528. The van der Waals surface area contributed by atoms with E-state index in [0.717, 1.165) is 0 Å². The van der Waals surface area contributed by atoms with Crippen LogP contribution in [0, 0.1) is 0 Å². The van der Waals surface area contributed by atoms with Crippen molar-refractivity contribution in [2.45, 2.75) is 31.7 Å². The average molecular weight is 217 g/mol. The van der Waals surface area contributed by atoms with E-state index in [1.54, 1.807) is 0 Å². The molecule has 0 saturated heterocycles. The molecule has 0 unspecified atom stereocenters. The lowest BCUT2D eigenvalue weighted by Crippen LogP contribution is -2.38. The highest BCUT2D eigenvalue weighted by molar-refractivity contribution is 6.29. The maximum absolute atomic E-state index is 11.2. The van der Waals surface area contributed by atoms with E-state index in [-0.39, 0.29) is 5.91 Å². The van der Waals surface area contributed by atoms with Gasteiger partial charge in [-0.1, -0.05) is 31.0 Å². The van der Waals surface area contributed by atoms with E-state index >= 15 is 0 Å². The minimum Gasteiger partial charge on any atom is -0.350 e. The predicted molar refractivity (Wildman–Crippen MR) is 58.3 cm³/mol. The van der Waals surface area contributed by atoms with Crippen LogP contribution in [0.2, 0.25) is 0 Å². The van der Waals surface area contributed by atoms with Gasteiger partial charge in [-0.15, -0.1) is 0 Å². The molecule has 0 aliphatic heterocycles. The maximum Gasteiger partial charge on any atom is 0.234 e. The van der Waals surface area contributed by atoms with Crippen LogP contribution in [0.15, 0.2) is 11.6 Å². The van der Waals surface area contributed by atoms with Crippen molar-refractivity contribution < 1.29 is 4.79 Å². The highest BCUT2D eigenvalue weighted by atomic mass is 35.5. The van der Waals surface area contributed by atoms with Crippen LogP contribution < -0.4 is 10.6 Å². The summed E-state index contributed by atoms with van der Waals surface area (Å²) in [5.74, 6) is -0.0151. The number of nitrogens with one attached hydrogen (secondary N) is 2. The van der Waals surface area contributed by atoms with Gasteiger partial charge in [0.1, 0.15) is 0 Å². The van der Waals surface area contributed by atoms with E-state index < -0.39 is 0 Å². The number of carbonyl (C=O) groups excluding carboxylic acids is 1. The van der Waals surface area contributed by atoms with Gasteiger partial charge in [-0.3, -0.25) is 4.79 Å². The number of hydrogen-bond acceptors (Lipinski definition) is 2. The molecule has 0 aromatic carbocycles. The largest absolute Gasteiger partial charge is 0.350 e. The fraction of sp³-hybridized carbons (Fsp3) is 0.700. The molecular formula is C10H17ClN2O. The maximum atomic E-state index is 11.2.